The lowest BCUT2D eigenvalue weighted by Crippen LogP contribution is -2.50. The number of piperazine rings is 1. The van der Waals surface area contributed by atoms with E-state index in [1.807, 2.05) is 0 Å². The van der Waals surface area contributed by atoms with Crippen molar-refractivity contribution in [3.63, 3.8) is 0 Å². The number of aryl methyl sites for hydroxylation is 1. The molecule has 1 aliphatic heterocycles. The molecular formula is C14H17N5O3. The molecule has 1 aliphatic rings. The number of hydrogen-bond acceptors (Lipinski definition) is 5. The van der Waals surface area contributed by atoms with Gasteiger partial charge in [-0.2, -0.15) is 5.10 Å². The van der Waals surface area contributed by atoms with Crippen LogP contribution in [0.2, 0.25) is 0 Å². The molecule has 0 aliphatic carbocycles. The van der Waals surface area contributed by atoms with Crippen molar-refractivity contribution in [2.24, 2.45) is 7.05 Å². The van der Waals surface area contributed by atoms with Gasteiger partial charge in [-0.25, -0.2) is 0 Å². The topological polar surface area (TPSA) is 97.6 Å². The maximum atomic E-state index is 12.4. The lowest BCUT2D eigenvalue weighted by molar-refractivity contribution is 0.0518. The molecule has 2 aromatic rings. The van der Waals surface area contributed by atoms with E-state index in [0.717, 1.165) is 0 Å². The number of hydrogen-bond donors (Lipinski definition) is 1. The summed E-state index contributed by atoms with van der Waals surface area (Å²) in [6.07, 6.45) is 2.94. The normalized spacial score (nSPS) is 15.1. The molecular weight excluding hydrogens is 286 g/mol. The number of furan rings is 1. The van der Waals surface area contributed by atoms with E-state index in [2.05, 4.69) is 5.10 Å². The van der Waals surface area contributed by atoms with Gasteiger partial charge in [-0.15, -0.1) is 0 Å². The lowest BCUT2D eigenvalue weighted by Gasteiger charge is -2.34. The van der Waals surface area contributed by atoms with Gasteiger partial charge >= 0.3 is 0 Å². The molecule has 0 aromatic carbocycles. The Labute approximate surface area is 127 Å². The number of rotatable bonds is 2. The van der Waals surface area contributed by atoms with E-state index in [9.17, 15) is 9.59 Å². The third-order valence-corrected chi connectivity index (χ3v) is 3.80. The first-order valence-corrected chi connectivity index (χ1v) is 6.97. The average Bonchev–Trinajstić information content (AvgIpc) is 3.18. The summed E-state index contributed by atoms with van der Waals surface area (Å²) in [5.41, 5.74) is 6.22. The van der Waals surface area contributed by atoms with Crippen molar-refractivity contribution in [3.05, 3.63) is 35.9 Å². The van der Waals surface area contributed by atoms with Gasteiger partial charge in [-0.05, 0) is 12.1 Å². The average molecular weight is 303 g/mol. The molecule has 8 heteroatoms. The highest BCUT2D eigenvalue weighted by Gasteiger charge is 2.28. The lowest BCUT2D eigenvalue weighted by atomic mass is 10.2. The zero-order valence-electron chi connectivity index (χ0n) is 12.2. The highest BCUT2D eigenvalue weighted by atomic mass is 16.3. The zero-order valence-corrected chi connectivity index (χ0v) is 12.2. The number of carbonyl (C=O) groups is 2. The fourth-order valence-corrected chi connectivity index (χ4v) is 2.45. The van der Waals surface area contributed by atoms with Crippen molar-refractivity contribution < 1.29 is 14.0 Å². The minimum atomic E-state index is -0.157. The van der Waals surface area contributed by atoms with Crippen LogP contribution in [-0.4, -0.2) is 57.6 Å². The fraction of sp³-hybridized carbons (Fsp3) is 0.357. The third kappa shape index (κ3) is 2.43. The predicted octanol–water partition coefficient (Wildman–Crippen LogP) is 0.193. The SMILES string of the molecule is Cn1ncc(C(=O)N2CCN(C(=O)c3ccco3)CC2)c1N. The van der Waals surface area contributed by atoms with Gasteiger partial charge in [0.2, 0.25) is 0 Å². The minimum absolute atomic E-state index is 0.155. The molecule has 0 spiro atoms. The van der Waals surface area contributed by atoms with Gasteiger partial charge in [0, 0.05) is 33.2 Å². The highest BCUT2D eigenvalue weighted by molar-refractivity contribution is 5.98. The van der Waals surface area contributed by atoms with Gasteiger partial charge in [0.1, 0.15) is 11.4 Å². The molecule has 3 heterocycles. The van der Waals surface area contributed by atoms with Crippen molar-refractivity contribution in [2.75, 3.05) is 31.9 Å². The maximum Gasteiger partial charge on any atom is 0.289 e. The van der Waals surface area contributed by atoms with E-state index < -0.39 is 0 Å². The van der Waals surface area contributed by atoms with Crippen LogP contribution in [0.5, 0.6) is 0 Å². The molecule has 116 valence electrons. The van der Waals surface area contributed by atoms with Crippen LogP contribution in [0.3, 0.4) is 0 Å². The van der Waals surface area contributed by atoms with Gasteiger partial charge in [0.15, 0.2) is 5.76 Å². The van der Waals surface area contributed by atoms with Gasteiger partial charge < -0.3 is 20.0 Å². The van der Waals surface area contributed by atoms with Crippen LogP contribution < -0.4 is 5.73 Å². The number of nitrogens with two attached hydrogens (primary N) is 1. The second-order valence-electron chi connectivity index (χ2n) is 5.13. The smallest absolute Gasteiger partial charge is 0.289 e. The van der Waals surface area contributed by atoms with E-state index in [1.54, 1.807) is 29.0 Å². The van der Waals surface area contributed by atoms with Crippen LogP contribution in [0.25, 0.3) is 0 Å². The number of amides is 2. The van der Waals surface area contributed by atoms with Gasteiger partial charge in [-0.1, -0.05) is 0 Å². The van der Waals surface area contributed by atoms with Crippen LogP contribution in [0.4, 0.5) is 5.82 Å². The Kier molecular flexibility index (Phi) is 3.58. The number of carbonyl (C=O) groups excluding carboxylic acids is 2. The molecule has 0 bridgehead atoms. The van der Waals surface area contributed by atoms with Crippen molar-refractivity contribution in [1.82, 2.24) is 19.6 Å². The molecule has 1 saturated heterocycles. The van der Waals surface area contributed by atoms with Gasteiger partial charge in [0.25, 0.3) is 11.8 Å². The largest absolute Gasteiger partial charge is 0.459 e. The van der Waals surface area contributed by atoms with Crippen LogP contribution in [0, 0.1) is 0 Å². The Hall–Kier alpha value is -2.77. The number of aromatic nitrogens is 2. The first-order valence-electron chi connectivity index (χ1n) is 6.97. The summed E-state index contributed by atoms with van der Waals surface area (Å²) in [5.74, 6) is 0.351. The molecule has 2 aromatic heterocycles. The van der Waals surface area contributed by atoms with E-state index >= 15 is 0 Å². The molecule has 1 fully saturated rings. The summed E-state index contributed by atoms with van der Waals surface area (Å²) in [6, 6.07) is 3.31. The minimum Gasteiger partial charge on any atom is -0.459 e. The van der Waals surface area contributed by atoms with Gasteiger partial charge in [0.05, 0.1) is 12.5 Å². The summed E-state index contributed by atoms with van der Waals surface area (Å²) >= 11 is 0. The summed E-state index contributed by atoms with van der Waals surface area (Å²) in [7, 11) is 1.69. The fourth-order valence-electron chi connectivity index (χ4n) is 2.45. The van der Waals surface area contributed by atoms with Crippen LogP contribution in [-0.2, 0) is 7.05 Å². The zero-order chi connectivity index (χ0) is 15.7. The van der Waals surface area contributed by atoms with Crippen molar-refractivity contribution in [1.29, 1.82) is 0 Å². The predicted molar refractivity (Wildman–Crippen MR) is 78.1 cm³/mol. The Balaban J connectivity index is 1.63. The third-order valence-electron chi connectivity index (χ3n) is 3.80. The first-order chi connectivity index (χ1) is 10.6. The Morgan fingerprint density at radius 2 is 1.82 bits per heavy atom. The Bertz CT molecular complexity index is 683. The monoisotopic (exact) mass is 303 g/mol. The summed E-state index contributed by atoms with van der Waals surface area (Å²) in [6.45, 7) is 1.84. The second-order valence-corrected chi connectivity index (χ2v) is 5.13. The Morgan fingerprint density at radius 1 is 1.18 bits per heavy atom. The molecule has 2 amide bonds. The molecule has 0 unspecified atom stereocenters. The Morgan fingerprint density at radius 3 is 2.32 bits per heavy atom. The van der Waals surface area contributed by atoms with Crippen molar-refractivity contribution in [2.45, 2.75) is 0 Å². The molecule has 0 atom stereocenters. The van der Waals surface area contributed by atoms with Crippen LogP contribution in [0.1, 0.15) is 20.9 Å². The molecule has 22 heavy (non-hydrogen) atoms. The molecule has 0 saturated carbocycles. The number of nitrogens with zero attached hydrogens (tertiary/aromatic N) is 4. The van der Waals surface area contributed by atoms with E-state index in [4.69, 9.17) is 10.2 Å². The maximum absolute atomic E-state index is 12.4. The highest BCUT2D eigenvalue weighted by Crippen LogP contribution is 2.15. The number of nitrogen functional groups attached to an aromatic ring is 1. The molecule has 8 nitrogen and oxygen atoms in total. The molecule has 3 rings (SSSR count). The van der Waals surface area contributed by atoms with E-state index in [0.29, 0.717) is 43.3 Å². The number of anilines is 1. The van der Waals surface area contributed by atoms with Crippen molar-refractivity contribution >= 4 is 17.6 Å². The first kappa shape index (κ1) is 14.2. The standard InChI is InChI=1S/C14H17N5O3/c1-17-12(15)10(9-16-17)13(20)18-4-6-19(7-5-18)14(21)11-3-2-8-22-11/h2-3,8-9H,4-7,15H2,1H3. The summed E-state index contributed by atoms with van der Waals surface area (Å²) in [4.78, 5) is 27.9. The van der Waals surface area contributed by atoms with Gasteiger partial charge in [-0.3, -0.25) is 14.3 Å². The molecule has 0 radical (unpaired) electrons. The molecule has 2 N–H and O–H groups in total. The quantitative estimate of drug-likeness (QED) is 0.854. The van der Waals surface area contributed by atoms with Crippen LogP contribution in [0.15, 0.2) is 29.0 Å². The van der Waals surface area contributed by atoms with E-state index in [-0.39, 0.29) is 11.8 Å². The summed E-state index contributed by atoms with van der Waals surface area (Å²) in [5, 5.41) is 3.98. The van der Waals surface area contributed by atoms with Crippen molar-refractivity contribution in [3.8, 4) is 0 Å². The van der Waals surface area contributed by atoms with Crippen LogP contribution >= 0.6 is 0 Å². The second kappa shape index (κ2) is 5.55. The van der Waals surface area contributed by atoms with E-state index in [1.165, 1.54) is 17.1 Å². The summed E-state index contributed by atoms with van der Waals surface area (Å²) < 4.78 is 6.57.